The Morgan fingerprint density at radius 3 is 2.21 bits per heavy atom. The van der Waals surface area contributed by atoms with E-state index in [1.807, 2.05) is 0 Å². The molecular formula is C16H15Cl2Hf. The minimum atomic E-state index is 0. The summed E-state index contributed by atoms with van der Waals surface area (Å²) in [5.74, 6) is 0. The van der Waals surface area contributed by atoms with Crippen molar-refractivity contribution < 1.29 is 24.4 Å². The van der Waals surface area contributed by atoms with Crippen LogP contribution in [-0.2, 0) is 34.0 Å². The van der Waals surface area contributed by atoms with Gasteiger partial charge in [-0.1, -0.05) is 0 Å². The van der Waals surface area contributed by atoms with Crippen molar-refractivity contribution in [2.45, 2.75) is 9.59 Å². The van der Waals surface area contributed by atoms with Crippen molar-refractivity contribution in [2.75, 3.05) is 0 Å². The predicted octanol–water partition coefficient (Wildman–Crippen LogP) is 4.54. The molecular weight excluding hydrogens is 442 g/mol. The summed E-state index contributed by atoms with van der Waals surface area (Å²) in [6, 6.07) is 19.6. The van der Waals surface area contributed by atoms with Gasteiger partial charge in [0.05, 0.1) is 0 Å². The van der Waals surface area contributed by atoms with Crippen molar-refractivity contribution in [3.05, 3.63) is 77.4 Å². The molecule has 2 aromatic carbocycles. The molecule has 0 heterocycles. The molecule has 2 aromatic rings. The van der Waals surface area contributed by atoms with Gasteiger partial charge < -0.3 is 0 Å². The van der Waals surface area contributed by atoms with Gasteiger partial charge in [-0.2, -0.15) is 0 Å². The number of halogens is 2. The third-order valence-corrected chi connectivity index (χ3v) is 5.52. The molecule has 0 saturated heterocycles. The number of hydrogen-bond donors (Lipinski definition) is 0. The Bertz CT molecular complexity index is 566. The first-order valence-corrected chi connectivity index (χ1v) is 7.65. The molecule has 19 heavy (non-hydrogen) atoms. The van der Waals surface area contributed by atoms with E-state index in [9.17, 15) is 0 Å². The third-order valence-electron chi connectivity index (χ3n) is 3.31. The van der Waals surface area contributed by atoms with Gasteiger partial charge in [0.15, 0.2) is 0 Å². The summed E-state index contributed by atoms with van der Waals surface area (Å²) in [6.07, 6.45) is 5.82. The van der Waals surface area contributed by atoms with Crippen LogP contribution < -0.4 is 0 Å². The van der Waals surface area contributed by atoms with Crippen LogP contribution in [0.3, 0.4) is 0 Å². The summed E-state index contributed by atoms with van der Waals surface area (Å²) < 4.78 is 0.290. The quantitative estimate of drug-likeness (QED) is 0.582. The first-order valence-electron chi connectivity index (χ1n) is 5.86. The summed E-state index contributed by atoms with van der Waals surface area (Å²) >= 11 is 1.16. The zero-order valence-electron chi connectivity index (χ0n) is 10.4. The SMILES string of the molecule is Cl.Cl.[Hf][C]1(Cc2ccccc2)C=Cc2ccccc21. The predicted molar refractivity (Wildman–Crippen MR) is 81.8 cm³/mol. The fourth-order valence-corrected chi connectivity index (χ4v) is 4.29. The average Bonchev–Trinajstić information content (AvgIpc) is 2.69. The van der Waals surface area contributed by atoms with Crippen molar-refractivity contribution in [2.24, 2.45) is 0 Å². The van der Waals surface area contributed by atoms with E-state index < -0.39 is 0 Å². The molecule has 0 radical (unpaired) electrons. The minimum absolute atomic E-state index is 0. The van der Waals surface area contributed by atoms with Gasteiger partial charge in [-0.15, -0.1) is 24.8 Å². The third kappa shape index (κ3) is 3.39. The molecule has 1 aliphatic carbocycles. The fraction of sp³-hybridized carbons (Fsp3) is 0.125. The monoisotopic (exact) mass is 457 g/mol. The molecule has 1 unspecified atom stereocenters. The molecule has 97 valence electrons. The number of fused-ring (bicyclic) bond motifs is 1. The zero-order valence-corrected chi connectivity index (χ0v) is 15.6. The second-order valence-corrected chi connectivity index (χ2v) is 7.76. The summed E-state index contributed by atoms with van der Waals surface area (Å²) in [7, 11) is 0. The van der Waals surface area contributed by atoms with Crippen molar-refractivity contribution in [1.82, 2.24) is 0 Å². The molecule has 0 N–H and O–H groups in total. The molecule has 0 nitrogen and oxygen atoms in total. The van der Waals surface area contributed by atoms with Crippen LogP contribution in [0, 0.1) is 0 Å². The van der Waals surface area contributed by atoms with Crippen molar-refractivity contribution in [3.63, 3.8) is 0 Å². The molecule has 0 fully saturated rings. The first-order chi connectivity index (χ1) is 8.28. The molecule has 0 aliphatic heterocycles. The zero-order chi connectivity index (χ0) is 11.7. The molecule has 0 amide bonds. The van der Waals surface area contributed by atoms with Crippen molar-refractivity contribution in [1.29, 1.82) is 0 Å². The summed E-state index contributed by atoms with van der Waals surface area (Å²) in [4.78, 5) is 0. The van der Waals surface area contributed by atoms with Crippen LogP contribution in [0.15, 0.2) is 60.7 Å². The van der Waals surface area contributed by atoms with Crippen LogP contribution in [0.2, 0.25) is 0 Å². The normalized spacial score (nSPS) is 19.1. The molecule has 3 rings (SSSR count). The maximum atomic E-state index is 2.40. The van der Waals surface area contributed by atoms with Crippen LogP contribution in [0.1, 0.15) is 16.7 Å². The number of rotatable bonds is 2. The van der Waals surface area contributed by atoms with Gasteiger partial charge in [0, 0.05) is 0 Å². The maximum absolute atomic E-state index is 2.40. The van der Waals surface area contributed by atoms with Crippen LogP contribution in [0.4, 0.5) is 0 Å². The Morgan fingerprint density at radius 1 is 0.842 bits per heavy atom. The van der Waals surface area contributed by atoms with Gasteiger partial charge >= 0.3 is 117 Å². The van der Waals surface area contributed by atoms with Crippen molar-refractivity contribution >= 4 is 30.9 Å². The summed E-state index contributed by atoms with van der Waals surface area (Å²) in [5, 5.41) is 0. The summed E-state index contributed by atoms with van der Waals surface area (Å²) in [6.45, 7) is 0. The molecule has 0 bridgehead atoms. The van der Waals surface area contributed by atoms with E-state index in [0.29, 0.717) is 0 Å². The number of hydrogen-bond acceptors (Lipinski definition) is 0. The standard InChI is InChI=1S/C16H13.2ClH.Hf/c1-2-6-13(7-3-1)12-15-11-10-14-8-4-5-9-16(14)15;;;/h1-11H,12H2;2*1H;. The van der Waals surface area contributed by atoms with E-state index in [4.69, 9.17) is 0 Å². The molecule has 1 aliphatic rings. The first kappa shape index (κ1) is 16.7. The molecule has 1 atom stereocenters. The van der Waals surface area contributed by atoms with E-state index in [-0.39, 0.29) is 28.0 Å². The second kappa shape index (κ2) is 6.88. The van der Waals surface area contributed by atoms with E-state index in [1.165, 1.54) is 16.7 Å². The molecule has 3 heteroatoms. The fourth-order valence-electron chi connectivity index (χ4n) is 2.44. The van der Waals surface area contributed by atoms with Gasteiger partial charge in [0.25, 0.3) is 0 Å². The molecule has 0 aromatic heterocycles. The second-order valence-electron chi connectivity index (χ2n) is 4.55. The Morgan fingerprint density at radius 2 is 1.47 bits per heavy atom. The van der Waals surface area contributed by atoms with E-state index >= 15 is 0 Å². The Hall–Kier alpha value is -0.370. The molecule has 0 spiro atoms. The number of benzene rings is 2. The number of allylic oxidation sites excluding steroid dienone is 1. The van der Waals surface area contributed by atoms with Gasteiger partial charge in [-0.3, -0.25) is 0 Å². The van der Waals surface area contributed by atoms with Gasteiger partial charge in [-0.05, 0) is 0 Å². The van der Waals surface area contributed by atoms with Crippen LogP contribution in [-0.4, -0.2) is 0 Å². The Kier molecular flexibility index (Phi) is 6.04. The van der Waals surface area contributed by atoms with Crippen LogP contribution in [0.5, 0.6) is 0 Å². The van der Waals surface area contributed by atoms with Crippen LogP contribution >= 0.6 is 24.8 Å². The Balaban J connectivity index is 0.000000902. The van der Waals surface area contributed by atoms with E-state index in [1.54, 1.807) is 0 Å². The van der Waals surface area contributed by atoms with Crippen LogP contribution in [0.25, 0.3) is 6.08 Å². The molecule has 0 saturated carbocycles. The topological polar surface area (TPSA) is 0 Å². The van der Waals surface area contributed by atoms with Gasteiger partial charge in [-0.25, -0.2) is 0 Å². The van der Waals surface area contributed by atoms with E-state index in [0.717, 1.165) is 30.8 Å². The van der Waals surface area contributed by atoms with Crippen molar-refractivity contribution in [3.8, 4) is 0 Å². The summed E-state index contributed by atoms with van der Waals surface area (Å²) in [5.41, 5.74) is 4.35. The van der Waals surface area contributed by atoms with Gasteiger partial charge in [0.1, 0.15) is 0 Å². The van der Waals surface area contributed by atoms with E-state index in [2.05, 4.69) is 66.7 Å². The van der Waals surface area contributed by atoms with Gasteiger partial charge in [0.2, 0.25) is 0 Å². The Labute approximate surface area is 141 Å². The average molecular weight is 457 g/mol.